The summed E-state index contributed by atoms with van der Waals surface area (Å²) in [7, 11) is 0. The van der Waals surface area contributed by atoms with Crippen molar-refractivity contribution >= 4 is 17.7 Å². The first-order valence-corrected chi connectivity index (χ1v) is 13.3. The maximum atomic E-state index is 14.6. The zero-order chi connectivity index (χ0) is 24.7. The summed E-state index contributed by atoms with van der Waals surface area (Å²) in [6.45, 7) is 5.61. The van der Waals surface area contributed by atoms with Crippen molar-refractivity contribution in [2.75, 3.05) is 5.75 Å². The molecule has 0 spiro atoms. The highest BCUT2D eigenvalue weighted by Crippen LogP contribution is 2.38. The number of hydrogen-bond acceptors (Lipinski definition) is 4. The summed E-state index contributed by atoms with van der Waals surface area (Å²) in [5, 5.41) is 0.620. The lowest BCUT2D eigenvalue weighted by Crippen LogP contribution is -2.35. The molecule has 0 atom stereocenters. The predicted octanol–water partition coefficient (Wildman–Crippen LogP) is 7.32. The van der Waals surface area contributed by atoms with Crippen molar-refractivity contribution in [2.24, 2.45) is 5.92 Å². The van der Waals surface area contributed by atoms with E-state index in [-0.39, 0.29) is 42.8 Å². The van der Waals surface area contributed by atoms with Gasteiger partial charge in [-0.15, -0.1) is 6.58 Å². The molecule has 3 nitrogen and oxygen atoms in total. The van der Waals surface area contributed by atoms with Crippen molar-refractivity contribution in [3.63, 3.8) is 0 Å². The second kappa shape index (κ2) is 12.4. The molecule has 0 aliphatic heterocycles. The smallest absolute Gasteiger partial charge is 0.386 e. The molecule has 0 bridgehead atoms. The van der Waals surface area contributed by atoms with Crippen LogP contribution in [-0.4, -0.2) is 29.2 Å². The molecule has 0 radical (unpaired) electrons. The van der Waals surface area contributed by atoms with Crippen LogP contribution in [-0.2, 0) is 26.8 Å². The van der Waals surface area contributed by atoms with Gasteiger partial charge >= 0.3 is 12.1 Å². The summed E-state index contributed by atoms with van der Waals surface area (Å²) in [4.78, 5) is 12.6. The molecule has 34 heavy (non-hydrogen) atoms. The molecule has 2 fully saturated rings. The minimum Gasteiger partial charge on any atom is -0.462 e. The van der Waals surface area contributed by atoms with Gasteiger partial charge in [-0.1, -0.05) is 19.1 Å². The summed E-state index contributed by atoms with van der Waals surface area (Å²) < 4.78 is 68.2. The lowest BCUT2D eigenvalue weighted by Gasteiger charge is -2.33. The van der Waals surface area contributed by atoms with Crippen LogP contribution < -0.4 is 0 Å². The molecule has 0 saturated heterocycles. The number of carbonyl (C=O) groups is 1. The molecule has 2 aliphatic rings. The van der Waals surface area contributed by atoms with Gasteiger partial charge in [0.2, 0.25) is 0 Å². The van der Waals surface area contributed by atoms with Crippen molar-refractivity contribution in [1.82, 2.24) is 0 Å². The van der Waals surface area contributed by atoms with E-state index in [2.05, 4.69) is 13.5 Å². The van der Waals surface area contributed by atoms with Gasteiger partial charge < -0.3 is 9.47 Å². The van der Waals surface area contributed by atoms with Gasteiger partial charge in [0.25, 0.3) is 0 Å². The normalized spacial score (nSPS) is 25.7. The predicted molar refractivity (Wildman–Crippen MR) is 126 cm³/mol. The maximum absolute atomic E-state index is 14.6. The van der Waals surface area contributed by atoms with Crippen LogP contribution in [0.2, 0.25) is 0 Å². The van der Waals surface area contributed by atoms with Gasteiger partial charge in [-0.3, -0.25) is 4.79 Å². The Morgan fingerprint density at radius 2 is 1.71 bits per heavy atom. The number of esters is 1. The van der Waals surface area contributed by atoms with E-state index in [0.29, 0.717) is 18.1 Å². The molecule has 0 N–H and O–H groups in total. The van der Waals surface area contributed by atoms with Gasteiger partial charge in [-0.05, 0) is 81.6 Å². The highest BCUT2D eigenvalue weighted by Gasteiger charge is 2.41. The molecule has 8 heteroatoms. The number of alkyl halides is 2. The van der Waals surface area contributed by atoms with Crippen molar-refractivity contribution in [2.45, 2.75) is 94.7 Å². The summed E-state index contributed by atoms with van der Waals surface area (Å²) in [5.74, 6) is -2.04. The van der Waals surface area contributed by atoms with E-state index < -0.39 is 29.4 Å². The van der Waals surface area contributed by atoms with Gasteiger partial charge in [-0.25, -0.2) is 8.78 Å². The number of halogens is 4. The molecule has 2 saturated carbocycles. The van der Waals surface area contributed by atoms with E-state index in [1.165, 1.54) is 6.08 Å². The van der Waals surface area contributed by atoms with Crippen LogP contribution in [0.3, 0.4) is 0 Å². The Bertz CT molecular complexity index is 832. The monoisotopic (exact) mass is 502 g/mol. The Labute approximate surface area is 203 Å². The summed E-state index contributed by atoms with van der Waals surface area (Å²) in [6, 6.07) is 1.99. The average Bonchev–Trinajstić information content (AvgIpc) is 2.82. The average molecular weight is 503 g/mol. The Hall–Kier alpha value is -1.54. The van der Waals surface area contributed by atoms with Gasteiger partial charge in [-0.2, -0.15) is 20.5 Å². The minimum atomic E-state index is -3.96. The lowest BCUT2D eigenvalue weighted by molar-refractivity contribution is -0.280. The highest BCUT2D eigenvalue weighted by molar-refractivity contribution is 7.99. The summed E-state index contributed by atoms with van der Waals surface area (Å²) in [6.07, 6.45) is 2.48. The standard InChI is InChI=1S/C26H34F4O3S/c1-3-5-17-8-15-22(24(28)23(17)27)26(29,30)33-20-11-9-19(10-12-20)32-25(31)18-6-13-21(14-7-18)34-16-4-2/h3,8,15,18-21H,1,4-7,9-14,16H2,2H3. The maximum Gasteiger partial charge on any atom is 0.386 e. The molecule has 3 rings (SSSR count). The van der Waals surface area contributed by atoms with Crippen molar-refractivity contribution < 1.29 is 31.8 Å². The third-order valence-electron chi connectivity index (χ3n) is 6.62. The van der Waals surface area contributed by atoms with Gasteiger partial charge in [0.05, 0.1) is 17.6 Å². The number of ether oxygens (including phenoxy) is 2. The molecule has 0 aromatic heterocycles. The molecule has 0 unspecified atom stereocenters. The van der Waals surface area contributed by atoms with Gasteiger partial charge in [0, 0.05) is 5.25 Å². The first-order valence-electron chi connectivity index (χ1n) is 12.2. The summed E-state index contributed by atoms with van der Waals surface area (Å²) >= 11 is 1.98. The van der Waals surface area contributed by atoms with Crippen LogP contribution in [0.25, 0.3) is 0 Å². The fourth-order valence-electron chi connectivity index (χ4n) is 4.68. The summed E-state index contributed by atoms with van der Waals surface area (Å²) in [5.41, 5.74) is -1.15. The zero-order valence-electron chi connectivity index (χ0n) is 19.7. The first kappa shape index (κ1) is 27.1. The Morgan fingerprint density at radius 1 is 1.06 bits per heavy atom. The van der Waals surface area contributed by atoms with Crippen molar-refractivity contribution in [3.05, 3.63) is 47.5 Å². The number of thioether (sulfide) groups is 1. The first-order chi connectivity index (χ1) is 16.2. The third kappa shape index (κ3) is 7.00. The van der Waals surface area contributed by atoms with Crippen LogP contribution in [0.4, 0.5) is 17.6 Å². The fraction of sp³-hybridized carbons (Fsp3) is 0.654. The van der Waals surface area contributed by atoms with E-state index in [1.54, 1.807) is 0 Å². The molecule has 190 valence electrons. The van der Waals surface area contributed by atoms with Gasteiger partial charge in [0.15, 0.2) is 11.6 Å². The molecule has 0 heterocycles. The van der Waals surface area contributed by atoms with E-state index in [4.69, 9.17) is 9.47 Å². The second-order valence-corrected chi connectivity index (χ2v) is 10.6. The highest BCUT2D eigenvalue weighted by atomic mass is 32.2. The molecule has 1 aromatic rings. The fourth-order valence-corrected chi connectivity index (χ4v) is 5.85. The molecule has 0 amide bonds. The second-order valence-electron chi connectivity index (χ2n) is 9.21. The SMILES string of the molecule is C=CCc1ccc(C(F)(F)OC2CCC(OC(=O)C3CCC(SCCC)CC3)CC2)c(F)c1F. The third-order valence-corrected chi connectivity index (χ3v) is 8.21. The minimum absolute atomic E-state index is 0.0391. The lowest BCUT2D eigenvalue weighted by atomic mass is 9.88. The van der Waals surface area contributed by atoms with Crippen LogP contribution in [0, 0.1) is 17.6 Å². The Balaban J connectivity index is 1.46. The largest absolute Gasteiger partial charge is 0.462 e. The number of allylic oxidation sites excluding steroid dienone is 1. The Morgan fingerprint density at radius 3 is 2.32 bits per heavy atom. The van der Waals surface area contributed by atoms with E-state index >= 15 is 0 Å². The van der Waals surface area contributed by atoms with Crippen LogP contribution in [0.1, 0.15) is 75.8 Å². The number of carbonyl (C=O) groups excluding carboxylic acids is 1. The number of hydrogen-bond donors (Lipinski definition) is 0. The molecule has 2 aliphatic carbocycles. The van der Waals surface area contributed by atoms with Crippen molar-refractivity contribution in [3.8, 4) is 0 Å². The number of benzene rings is 1. The van der Waals surface area contributed by atoms with Crippen molar-refractivity contribution in [1.29, 1.82) is 0 Å². The topological polar surface area (TPSA) is 35.5 Å². The number of rotatable bonds is 10. The van der Waals surface area contributed by atoms with E-state index in [0.717, 1.165) is 50.0 Å². The van der Waals surface area contributed by atoms with E-state index in [1.807, 2.05) is 11.8 Å². The zero-order valence-corrected chi connectivity index (χ0v) is 20.5. The van der Waals surface area contributed by atoms with Gasteiger partial charge in [0.1, 0.15) is 6.10 Å². The molecular formula is C26H34F4O3S. The van der Waals surface area contributed by atoms with E-state index in [9.17, 15) is 22.4 Å². The Kier molecular flexibility index (Phi) is 9.89. The van der Waals surface area contributed by atoms with Crippen LogP contribution in [0.15, 0.2) is 24.8 Å². The van der Waals surface area contributed by atoms with Crippen LogP contribution >= 0.6 is 11.8 Å². The molecule has 1 aromatic carbocycles. The van der Waals surface area contributed by atoms with Crippen LogP contribution in [0.5, 0.6) is 0 Å². The quantitative estimate of drug-likeness (QED) is 0.191. The molecular weight excluding hydrogens is 468 g/mol.